The van der Waals surface area contributed by atoms with Gasteiger partial charge in [-0.2, -0.15) is 0 Å². The average molecular weight is 344 g/mol. The first kappa shape index (κ1) is 17.9. The van der Waals surface area contributed by atoms with Crippen molar-refractivity contribution in [2.45, 2.75) is 37.8 Å². The number of carbonyl (C=O) groups excluding carboxylic acids is 2. The summed E-state index contributed by atoms with van der Waals surface area (Å²) in [6.07, 6.45) is 2.76. The van der Waals surface area contributed by atoms with Crippen LogP contribution in [0.15, 0.2) is 30.3 Å². The zero-order chi connectivity index (χ0) is 17.8. The minimum atomic E-state index is -0.122. The van der Waals surface area contributed by atoms with E-state index in [9.17, 15) is 9.59 Å². The summed E-state index contributed by atoms with van der Waals surface area (Å²) >= 11 is 0. The van der Waals surface area contributed by atoms with Crippen molar-refractivity contribution in [3.63, 3.8) is 0 Å². The maximum absolute atomic E-state index is 12.6. The maximum Gasteiger partial charge on any atom is 0.225 e. The van der Waals surface area contributed by atoms with E-state index in [4.69, 9.17) is 11.5 Å². The van der Waals surface area contributed by atoms with Crippen molar-refractivity contribution in [1.82, 2.24) is 9.80 Å². The molecule has 1 aromatic rings. The highest BCUT2D eigenvalue weighted by atomic mass is 16.2. The van der Waals surface area contributed by atoms with Crippen LogP contribution in [0.1, 0.15) is 24.8 Å². The summed E-state index contributed by atoms with van der Waals surface area (Å²) in [5.41, 5.74) is 13.0. The molecule has 2 amide bonds. The van der Waals surface area contributed by atoms with Gasteiger partial charge < -0.3 is 21.3 Å². The van der Waals surface area contributed by atoms with E-state index in [2.05, 4.69) is 0 Å². The van der Waals surface area contributed by atoms with Crippen LogP contribution in [0.5, 0.6) is 0 Å². The number of carbonyl (C=O) groups is 2. The summed E-state index contributed by atoms with van der Waals surface area (Å²) in [5, 5.41) is 0. The molecule has 2 heterocycles. The summed E-state index contributed by atoms with van der Waals surface area (Å²) in [6, 6.07) is 9.81. The molecule has 2 atom stereocenters. The van der Waals surface area contributed by atoms with Crippen LogP contribution in [0.2, 0.25) is 0 Å². The van der Waals surface area contributed by atoms with Gasteiger partial charge in [-0.25, -0.2) is 0 Å². The molecule has 3 rings (SSSR count). The monoisotopic (exact) mass is 344 g/mol. The van der Waals surface area contributed by atoms with Crippen molar-refractivity contribution in [3.05, 3.63) is 35.9 Å². The van der Waals surface area contributed by atoms with E-state index in [1.54, 1.807) is 4.90 Å². The zero-order valence-corrected chi connectivity index (χ0v) is 14.6. The van der Waals surface area contributed by atoms with Crippen molar-refractivity contribution in [3.8, 4) is 0 Å². The number of likely N-dealkylation sites (tertiary alicyclic amines) is 2. The standard InChI is InChI=1S/C19H28N4O2/c20-16-12-23(13-17(16)21)19(25)15-8-10-22(11-9-15)18(24)7-6-14-4-2-1-3-5-14/h1-5,15-17H,6-13,20-21H2/t16-,17-/m1/s1. The number of nitrogens with zero attached hydrogens (tertiary/aromatic N) is 2. The van der Waals surface area contributed by atoms with Crippen LogP contribution in [-0.4, -0.2) is 59.9 Å². The lowest BCUT2D eigenvalue weighted by atomic mass is 9.95. The molecule has 0 unspecified atom stereocenters. The van der Waals surface area contributed by atoms with Crippen molar-refractivity contribution in [2.24, 2.45) is 17.4 Å². The number of aryl methyl sites for hydroxylation is 1. The molecule has 0 aromatic heterocycles. The number of hydrogen-bond donors (Lipinski definition) is 2. The molecular formula is C19H28N4O2. The first-order valence-corrected chi connectivity index (χ1v) is 9.16. The van der Waals surface area contributed by atoms with E-state index in [-0.39, 0.29) is 29.8 Å². The molecule has 6 heteroatoms. The number of nitrogens with two attached hydrogens (primary N) is 2. The largest absolute Gasteiger partial charge is 0.343 e. The van der Waals surface area contributed by atoms with E-state index in [0.29, 0.717) is 32.6 Å². The van der Waals surface area contributed by atoms with E-state index in [1.165, 1.54) is 5.56 Å². The molecule has 2 aliphatic rings. The van der Waals surface area contributed by atoms with Gasteiger partial charge >= 0.3 is 0 Å². The molecule has 4 N–H and O–H groups in total. The van der Waals surface area contributed by atoms with Crippen molar-refractivity contribution in [2.75, 3.05) is 26.2 Å². The normalized spacial score (nSPS) is 24.6. The van der Waals surface area contributed by atoms with Crippen LogP contribution in [0.25, 0.3) is 0 Å². The quantitative estimate of drug-likeness (QED) is 0.824. The predicted octanol–water partition coefficient (Wildman–Crippen LogP) is 0.355. The summed E-state index contributed by atoms with van der Waals surface area (Å²) < 4.78 is 0. The molecule has 0 bridgehead atoms. The van der Waals surface area contributed by atoms with Gasteiger partial charge in [0, 0.05) is 50.6 Å². The van der Waals surface area contributed by atoms with Crippen LogP contribution < -0.4 is 11.5 Å². The highest BCUT2D eigenvalue weighted by molar-refractivity contribution is 5.80. The lowest BCUT2D eigenvalue weighted by Crippen LogP contribution is -2.44. The molecule has 2 aliphatic heterocycles. The van der Waals surface area contributed by atoms with Crippen molar-refractivity contribution in [1.29, 1.82) is 0 Å². The lowest BCUT2D eigenvalue weighted by molar-refractivity contribution is -0.140. The van der Waals surface area contributed by atoms with E-state index < -0.39 is 0 Å². The van der Waals surface area contributed by atoms with Gasteiger partial charge in [0.2, 0.25) is 11.8 Å². The Kier molecular flexibility index (Phi) is 5.71. The van der Waals surface area contributed by atoms with Gasteiger partial charge in [0.25, 0.3) is 0 Å². The van der Waals surface area contributed by atoms with Gasteiger partial charge in [-0.1, -0.05) is 30.3 Å². The van der Waals surface area contributed by atoms with Crippen LogP contribution in [0.3, 0.4) is 0 Å². The van der Waals surface area contributed by atoms with Gasteiger partial charge in [0.05, 0.1) is 0 Å². The second-order valence-corrected chi connectivity index (χ2v) is 7.21. The average Bonchev–Trinajstić information content (AvgIpc) is 2.99. The smallest absolute Gasteiger partial charge is 0.225 e. The third-order valence-electron chi connectivity index (χ3n) is 5.39. The predicted molar refractivity (Wildman–Crippen MR) is 96.6 cm³/mol. The minimum absolute atomic E-state index is 0.00401. The Morgan fingerprint density at radius 1 is 0.960 bits per heavy atom. The maximum atomic E-state index is 12.6. The summed E-state index contributed by atoms with van der Waals surface area (Å²) in [7, 11) is 0. The number of rotatable bonds is 4. The molecule has 136 valence electrons. The fraction of sp³-hybridized carbons (Fsp3) is 0.579. The number of benzene rings is 1. The van der Waals surface area contributed by atoms with Gasteiger partial charge in [0.1, 0.15) is 0 Å². The number of hydrogen-bond acceptors (Lipinski definition) is 4. The van der Waals surface area contributed by atoms with Gasteiger partial charge in [0.15, 0.2) is 0 Å². The summed E-state index contributed by atoms with van der Waals surface area (Å²) in [6.45, 7) is 2.43. The minimum Gasteiger partial charge on any atom is -0.343 e. The first-order chi connectivity index (χ1) is 12.0. The van der Waals surface area contributed by atoms with Crippen LogP contribution in [0, 0.1) is 5.92 Å². The van der Waals surface area contributed by atoms with Gasteiger partial charge in [-0.05, 0) is 24.8 Å². The molecule has 25 heavy (non-hydrogen) atoms. The Labute approximate surface area is 149 Å². The molecule has 2 saturated heterocycles. The molecule has 0 radical (unpaired) electrons. The molecule has 0 spiro atoms. The SMILES string of the molecule is N[C@@H]1CN(C(=O)C2CCN(C(=O)CCc3ccccc3)CC2)C[C@H]1N. The number of amides is 2. The van der Waals surface area contributed by atoms with E-state index in [1.807, 2.05) is 35.2 Å². The third-order valence-corrected chi connectivity index (χ3v) is 5.39. The highest BCUT2D eigenvalue weighted by Crippen LogP contribution is 2.22. The Hall–Kier alpha value is -1.92. The number of piperidine rings is 1. The van der Waals surface area contributed by atoms with Crippen molar-refractivity contribution < 1.29 is 9.59 Å². The Morgan fingerprint density at radius 3 is 2.16 bits per heavy atom. The topological polar surface area (TPSA) is 92.7 Å². The molecule has 2 fully saturated rings. The Balaban J connectivity index is 1.43. The van der Waals surface area contributed by atoms with Gasteiger partial charge in [-0.3, -0.25) is 9.59 Å². The zero-order valence-electron chi connectivity index (χ0n) is 14.6. The molecule has 6 nitrogen and oxygen atoms in total. The van der Waals surface area contributed by atoms with Crippen LogP contribution in [-0.2, 0) is 16.0 Å². The fourth-order valence-corrected chi connectivity index (χ4v) is 3.72. The highest BCUT2D eigenvalue weighted by Gasteiger charge is 2.35. The molecule has 0 aliphatic carbocycles. The second-order valence-electron chi connectivity index (χ2n) is 7.21. The second kappa shape index (κ2) is 7.97. The van der Waals surface area contributed by atoms with Crippen LogP contribution >= 0.6 is 0 Å². The Morgan fingerprint density at radius 2 is 1.56 bits per heavy atom. The van der Waals surface area contributed by atoms with Gasteiger partial charge in [-0.15, -0.1) is 0 Å². The fourth-order valence-electron chi connectivity index (χ4n) is 3.72. The van der Waals surface area contributed by atoms with E-state index >= 15 is 0 Å². The summed E-state index contributed by atoms with van der Waals surface area (Å²) in [4.78, 5) is 28.7. The third kappa shape index (κ3) is 4.38. The lowest BCUT2D eigenvalue weighted by Gasteiger charge is -2.33. The molecular weight excluding hydrogens is 316 g/mol. The first-order valence-electron chi connectivity index (χ1n) is 9.16. The molecule has 1 aromatic carbocycles. The van der Waals surface area contributed by atoms with Crippen LogP contribution in [0.4, 0.5) is 0 Å². The van der Waals surface area contributed by atoms with Crippen molar-refractivity contribution >= 4 is 11.8 Å². The summed E-state index contributed by atoms with van der Waals surface area (Å²) in [5.74, 6) is 0.329. The molecule has 0 saturated carbocycles. The Bertz CT molecular complexity index is 589. The van der Waals surface area contributed by atoms with E-state index in [0.717, 1.165) is 19.3 Å².